The lowest BCUT2D eigenvalue weighted by Crippen LogP contribution is -2.43. The molecule has 33 heavy (non-hydrogen) atoms. The van der Waals surface area contributed by atoms with E-state index >= 15 is 0 Å². The molecule has 2 amide bonds. The molecule has 11 heteroatoms. The highest BCUT2D eigenvalue weighted by Crippen LogP contribution is 2.07. The fourth-order valence-electron chi connectivity index (χ4n) is 3.44. The van der Waals surface area contributed by atoms with Crippen LogP contribution >= 0.6 is 0 Å². The second kappa shape index (κ2) is 8.99. The molecule has 3 aromatic heterocycles. The standard InChI is InChI=1S/C22H22N6O5/c1-26-13-25-19-18(26)21(31)28(22(32)27(19)2)12-17(29)23-10-14-5-3-6-15(9-14)20(30)24-11-16-7-4-8-33-16/h3-9,13H,10-12H2,1-2H3,(H,23,29)(H,24,30). The van der Waals surface area contributed by atoms with Crippen molar-refractivity contribution in [2.24, 2.45) is 14.1 Å². The quantitative estimate of drug-likeness (QED) is 0.415. The van der Waals surface area contributed by atoms with Gasteiger partial charge in [-0.15, -0.1) is 0 Å². The molecule has 0 fully saturated rings. The summed E-state index contributed by atoms with van der Waals surface area (Å²) >= 11 is 0. The average molecular weight is 450 g/mol. The van der Waals surface area contributed by atoms with Crippen molar-refractivity contribution in [3.05, 3.63) is 86.7 Å². The molecule has 0 bridgehead atoms. The van der Waals surface area contributed by atoms with E-state index in [2.05, 4.69) is 15.6 Å². The molecule has 0 aliphatic rings. The van der Waals surface area contributed by atoms with Crippen molar-refractivity contribution < 1.29 is 14.0 Å². The summed E-state index contributed by atoms with van der Waals surface area (Å²) in [5.74, 6) is -0.153. The maximum Gasteiger partial charge on any atom is 0.332 e. The number of imidazole rings is 1. The molecule has 170 valence electrons. The summed E-state index contributed by atoms with van der Waals surface area (Å²) < 4.78 is 8.80. The summed E-state index contributed by atoms with van der Waals surface area (Å²) in [5, 5.41) is 5.44. The molecule has 4 aromatic rings. The Hall–Kier alpha value is -4.41. The summed E-state index contributed by atoms with van der Waals surface area (Å²) in [6.07, 6.45) is 2.97. The van der Waals surface area contributed by atoms with Gasteiger partial charge in [-0.05, 0) is 29.8 Å². The third-order valence-electron chi connectivity index (χ3n) is 5.18. The van der Waals surface area contributed by atoms with Crippen LogP contribution in [0.2, 0.25) is 0 Å². The first-order chi connectivity index (χ1) is 15.8. The minimum Gasteiger partial charge on any atom is -0.467 e. The fourth-order valence-corrected chi connectivity index (χ4v) is 3.44. The number of carbonyl (C=O) groups excluding carboxylic acids is 2. The van der Waals surface area contributed by atoms with Gasteiger partial charge in [0, 0.05) is 26.2 Å². The molecule has 0 saturated heterocycles. The number of hydrogen-bond acceptors (Lipinski definition) is 6. The van der Waals surface area contributed by atoms with Crippen molar-refractivity contribution in [1.82, 2.24) is 29.3 Å². The number of benzene rings is 1. The van der Waals surface area contributed by atoms with Gasteiger partial charge in [0.15, 0.2) is 11.2 Å². The highest BCUT2D eigenvalue weighted by Gasteiger charge is 2.17. The zero-order chi connectivity index (χ0) is 23.5. The van der Waals surface area contributed by atoms with Crippen LogP contribution in [0.5, 0.6) is 0 Å². The van der Waals surface area contributed by atoms with Crippen LogP contribution in [0, 0.1) is 0 Å². The summed E-state index contributed by atoms with van der Waals surface area (Å²) in [6.45, 7) is -0.0470. The predicted molar refractivity (Wildman–Crippen MR) is 118 cm³/mol. The summed E-state index contributed by atoms with van der Waals surface area (Å²) in [6, 6.07) is 10.3. The minimum absolute atomic E-state index is 0.126. The number of aromatic nitrogens is 4. The Bertz CT molecular complexity index is 1440. The summed E-state index contributed by atoms with van der Waals surface area (Å²) in [7, 11) is 3.14. The number of fused-ring (bicyclic) bond motifs is 1. The van der Waals surface area contributed by atoms with E-state index in [0.29, 0.717) is 16.9 Å². The van der Waals surface area contributed by atoms with Crippen molar-refractivity contribution in [3.8, 4) is 0 Å². The smallest absolute Gasteiger partial charge is 0.332 e. The second-order valence-electron chi connectivity index (χ2n) is 7.50. The van der Waals surface area contributed by atoms with Gasteiger partial charge >= 0.3 is 5.69 Å². The maximum absolute atomic E-state index is 12.7. The molecule has 0 spiro atoms. The molecule has 0 atom stereocenters. The van der Waals surface area contributed by atoms with Crippen molar-refractivity contribution in [3.63, 3.8) is 0 Å². The SMILES string of the molecule is Cn1cnc2c1c(=O)n(CC(=O)NCc1cccc(C(=O)NCc3ccco3)c1)c(=O)n2C. The molecule has 0 radical (unpaired) electrons. The number of aryl methyl sites for hydroxylation is 2. The molecule has 0 unspecified atom stereocenters. The Morgan fingerprint density at radius 1 is 1.06 bits per heavy atom. The molecule has 4 rings (SSSR count). The zero-order valence-corrected chi connectivity index (χ0v) is 18.1. The lowest BCUT2D eigenvalue weighted by molar-refractivity contribution is -0.121. The molecular formula is C22H22N6O5. The first-order valence-electron chi connectivity index (χ1n) is 10.1. The van der Waals surface area contributed by atoms with E-state index in [1.54, 1.807) is 43.4 Å². The first kappa shape index (κ1) is 21.8. The Balaban J connectivity index is 1.42. The molecule has 0 aliphatic heterocycles. The van der Waals surface area contributed by atoms with E-state index in [9.17, 15) is 19.2 Å². The van der Waals surface area contributed by atoms with Crippen LogP contribution < -0.4 is 21.9 Å². The van der Waals surface area contributed by atoms with Crippen LogP contribution in [-0.2, 0) is 38.5 Å². The molecule has 2 N–H and O–H groups in total. The van der Waals surface area contributed by atoms with Gasteiger partial charge in [-0.25, -0.2) is 14.3 Å². The van der Waals surface area contributed by atoms with Crippen LogP contribution in [0.3, 0.4) is 0 Å². The van der Waals surface area contributed by atoms with Gasteiger partial charge < -0.3 is 19.6 Å². The van der Waals surface area contributed by atoms with Gasteiger partial charge in [0.2, 0.25) is 5.91 Å². The second-order valence-corrected chi connectivity index (χ2v) is 7.50. The number of nitrogens with one attached hydrogen (secondary N) is 2. The first-order valence-corrected chi connectivity index (χ1v) is 10.1. The van der Waals surface area contributed by atoms with Gasteiger partial charge in [0.1, 0.15) is 12.3 Å². The predicted octanol–water partition coefficient (Wildman–Crippen LogP) is 0.273. The van der Waals surface area contributed by atoms with Crippen LogP contribution in [0.25, 0.3) is 11.2 Å². The largest absolute Gasteiger partial charge is 0.467 e. The zero-order valence-electron chi connectivity index (χ0n) is 18.1. The van der Waals surface area contributed by atoms with Crippen molar-refractivity contribution in [1.29, 1.82) is 0 Å². The van der Waals surface area contributed by atoms with Gasteiger partial charge in [-0.1, -0.05) is 12.1 Å². The molecule has 0 saturated carbocycles. The average Bonchev–Trinajstić information content (AvgIpc) is 3.47. The van der Waals surface area contributed by atoms with E-state index in [-0.39, 0.29) is 30.2 Å². The normalized spacial score (nSPS) is 11.0. The van der Waals surface area contributed by atoms with E-state index in [1.165, 1.54) is 28.8 Å². The van der Waals surface area contributed by atoms with Gasteiger partial charge in [-0.2, -0.15) is 0 Å². The minimum atomic E-state index is -0.628. The van der Waals surface area contributed by atoms with Gasteiger partial charge in [0.25, 0.3) is 11.5 Å². The van der Waals surface area contributed by atoms with E-state index in [1.807, 2.05) is 0 Å². The molecule has 0 aliphatic carbocycles. The van der Waals surface area contributed by atoms with Crippen molar-refractivity contribution >= 4 is 23.0 Å². The van der Waals surface area contributed by atoms with Crippen molar-refractivity contribution in [2.45, 2.75) is 19.6 Å². The number of rotatable bonds is 7. The van der Waals surface area contributed by atoms with Crippen LogP contribution in [0.4, 0.5) is 0 Å². The van der Waals surface area contributed by atoms with Gasteiger partial charge in [-0.3, -0.25) is 19.0 Å². The fraction of sp³-hybridized carbons (Fsp3) is 0.227. The summed E-state index contributed by atoms with van der Waals surface area (Å²) in [4.78, 5) is 54.2. The number of hydrogen-bond donors (Lipinski definition) is 2. The monoisotopic (exact) mass is 450 g/mol. The highest BCUT2D eigenvalue weighted by atomic mass is 16.3. The topological polar surface area (TPSA) is 133 Å². The van der Waals surface area contributed by atoms with Crippen molar-refractivity contribution in [2.75, 3.05) is 0 Å². The number of amides is 2. The number of furan rings is 1. The molecule has 11 nitrogen and oxygen atoms in total. The summed E-state index contributed by atoms with van der Waals surface area (Å²) in [5.41, 5.74) is 0.399. The van der Waals surface area contributed by atoms with Gasteiger partial charge in [0.05, 0.1) is 19.1 Å². The van der Waals surface area contributed by atoms with Crippen LogP contribution in [-0.4, -0.2) is 30.5 Å². The van der Waals surface area contributed by atoms with E-state index in [4.69, 9.17) is 4.42 Å². The third kappa shape index (κ3) is 4.47. The molecule has 3 heterocycles. The van der Waals surface area contributed by atoms with E-state index < -0.39 is 23.7 Å². The Morgan fingerprint density at radius 3 is 2.64 bits per heavy atom. The number of carbonyl (C=O) groups is 2. The van der Waals surface area contributed by atoms with Crippen LogP contribution in [0.15, 0.2) is 63.0 Å². The lowest BCUT2D eigenvalue weighted by atomic mass is 10.1. The highest BCUT2D eigenvalue weighted by molar-refractivity contribution is 5.94. The maximum atomic E-state index is 12.7. The molecular weight excluding hydrogens is 428 g/mol. The Labute approximate surface area is 187 Å². The third-order valence-corrected chi connectivity index (χ3v) is 5.18. The Kier molecular flexibility index (Phi) is 5.94. The Morgan fingerprint density at radius 2 is 1.88 bits per heavy atom. The molecule has 1 aromatic carbocycles. The van der Waals surface area contributed by atoms with E-state index in [0.717, 1.165) is 4.57 Å². The number of nitrogens with zero attached hydrogens (tertiary/aromatic N) is 4. The van der Waals surface area contributed by atoms with Crippen LogP contribution in [0.1, 0.15) is 21.7 Å². The lowest BCUT2D eigenvalue weighted by Gasteiger charge is -2.10.